The standard InChI is InChI=1S/C13H24N2O3/c1-2-3-4-5-7-14-13(18)15-8-6-11(10-15)9-12(16)17/h11H,2-10H2,1H3,(H,14,18)(H,16,17). The maximum Gasteiger partial charge on any atom is 0.317 e. The Labute approximate surface area is 109 Å². The van der Waals surface area contributed by atoms with Gasteiger partial charge in [0.2, 0.25) is 0 Å². The summed E-state index contributed by atoms with van der Waals surface area (Å²) in [6.45, 7) is 4.14. The van der Waals surface area contributed by atoms with Gasteiger partial charge in [0, 0.05) is 26.1 Å². The molecule has 1 saturated heterocycles. The second-order valence-corrected chi connectivity index (χ2v) is 4.99. The Bertz CT molecular complexity index is 281. The van der Waals surface area contributed by atoms with E-state index in [9.17, 15) is 9.59 Å². The van der Waals surface area contributed by atoms with Gasteiger partial charge in [-0.05, 0) is 18.8 Å². The molecular weight excluding hydrogens is 232 g/mol. The molecule has 1 fully saturated rings. The predicted octanol–water partition coefficient (Wildman–Crippen LogP) is 2.07. The fraction of sp³-hybridized carbons (Fsp3) is 0.846. The zero-order valence-electron chi connectivity index (χ0n) is 11.2. The maximum atomic E-state index is 11.8. The van der Waals surface area contributed by atoms with Crippen LogP contribution in [0.2, 0.25) is 0 Å². The zero-order chi connectivity index (χ0) is 13.4. The highest BCUT2D eigenvalue weighted by Crippen LogP contribution is 2.19. The van der Waals surface area contributed by atoms with Crippen molar-refractivity contribution in [3.63, 3.8) is 0 Å². The van der Waals surface area contributed by atoms with Gasteiger partial charge in [0.05, 0.1) is 0 Å². The molecule has 1 aliphatic rings. The van der Waals surface area contributed by atoms with E-state index < -0.39 is 5.97 Å². The third-order valence-corrected chi connectivity index (χ3v) is 3.34. The van der Waals surface area contributed by atoms with E-state index in [4.69, 9.17) is 5.11 Å². The van der Waals surface area contributed by atoms with Crippen LogP contribution in [0.5, 0.6) is 0 Å². The number of carboxylic acids is 1. The maximum absolute atomic E-state index is 11.8. The van der Waals surface area contributed by atoms with E-state index >= 15 is 0 Å². The van der Waals surface area contributed by atoms with Gasteiger partial charge in [-0.1, -0.05) is 26.2 Å². The number of carbonyl (C=O) groups is 2. The first-order chi connectivity index (χ1) is 8.63. The van der Waals surface area contributed by atoms with Crippen LogP contribution < -0.4 is 5.32 Å². The molecule has 0 saturated carbocycles. The van der Waals surface area contributed by atoms with Crippen molar-refractivity contribution in [1.29, 1.82) is 0 Å². The number of unbranched alkanes of at least 4 members (excludes halogenated alkanes) is 3. The van der Waals surface area contributed by atoms with Crippen molar-refractivity contribution in [2.24, 2.45) is 5.92 Å². The van der Waals surface area contributed by atoms with Crippen LogP contribution >= 0.6 is 0 Å². The minimum Gasteiger partial charge on any atom is -0.481 e. The lowest BCUT2D eigenvalue weighted by atomic mass is 10.1. The van der Waals surface area contributed by atoms with Crippen molar-refractivity contribution in [1.82, 2.24) is 10.2 Å². The Balaban J connectivity index is 2.13. The molecular formula is C13H24N2O3. The largest absolute Gasteiger partial charge is 0.481 e. The molecule has 1 atom stereocenters. The number of urea groups is 1. The lowest BCUT2D eigenvalue weighted by molar-refractivity contribution is -0.138. The number of hydrogen-bond donors (Lipinski definition) is 2. The van der Waals surface area contributed by atoms with E-state index in [1.807, 2.05) is 0 Å². The van der Waals surface area contributed by atoms with Crippen LogP contribution in [0, 0.1) is 5.92 Å². The number of carboxylic acid groups (broad SMARTS) is 1. The minimum absolute atomic E-state index is 0.0422. The molecule has 104 valence electrons. The summed E-state index contributed by atoms with van der Waals surface area (Å²) >= 11 is 0. The molecule has 0 aromatic carbocycles. The molecule has 1 heterocycles. The molecule has 18 heavy (non-hydrogen) atoms. The van der Waals surface area contributed by atoms with Crippen LogP contribution in [0.15, 0.2) is 0 Å². The fourth-order valence-corrected chi connectivity index (χ4v) is 2.29. The molecule has 1 rings (SSSR count). The minimum atomic E-state index is -0.776. The second kappa shape index (κ2) is 7.95. The van der Waals surface area contributed by atoms with Crippen molar-refractivity contribution < 1.29 is 14.7 Å². The summed E-state index contributed by atoms with van der Waals surface area (Å²) in [5.41, 5.74) is 0. The highest BCUT2D eigenvalue weighted by Gasteiger charge is 2.27. The lowest BCUT2D eigenvalue weighted by Gasteiger charge is -2.17. The number of carbonyl (C=O) groups excluding carboxylic acids is 1. The average molecular weight is 256 g/mol. The van der Waals surface area contributed by atoms with Gasteiger partial charge in [-0.3, -0.25) is 4.79 Å². The normalized spacial score (nSPS) is 18.9. The number of nitrogens with one attached hydrogen (secondary N) is 1. The highest BCUT2D eigenvalue weighted by molar-refractivity contribution is 5.74. The van der Waals surface area contributed by atoms with Crippen LogP contribution in [-0.2, 0) is 4.79 Å². The van der Waals surface area contributed by atoms with Crippen molar-refractivity contribution in [2.75, 3.05) is 19.6 Å². The molecule has 0 radical (unpaired) electrons. The van der Waals surface area contributed by atoms with Gasteiger partial charge in [0.25, 0.3) is 0 Å². The summed E-state index contributed by atoms with van der Waals surface area (Å²) in [6, 6.07) is -0.0422. The molecule has 2 N–H and O–H groups in total. The van der Waals surface area contributed by atoms with Crippen LogP contribution in [0.3, 0.4) is 0 Å². The zero-order valence-corrected chi connectivity index (χ0v) is 11.2. The summed E-state index contributed by atoms with van der Waals surface area (Å²) in [5.74, 6) is -0.657. The Morgan fingerprint density at radius 3 is 2.78 bits per heavy atom. The first kappa shape index (κ1) is 14.8. The number of aliphatic carboxylic acids is 1. The summed E-state index contributed by atoms with van der Waals surface area (Å²) in [4.78, 5) is 24.1. The van der Waals surface area contributed by atoms with Gasteiger partial charge in [-0.2, -0.15) is 0 Å². The Morgan fingerprint density at radius 2 is 2.11 bits per heavy atom. The van der Waals surface area contributed by atoms with Crippen LogP contribution in [0.4, 0.5) is 4.79 Å². The van der Waals surface area contributed by atoms with E-state index in [1.165, 1.54) is 12.8 Å². The topological polar surface area (TPSA) is 69.6 Å². The molecule has 1 aliphatic heterocycles. The molecule has 0 aromatic heterocycles. The number of hydrogen-bond acceptors (Lipinski definition) is 2. The van der Waals surface area contributed by atoms with E-state index in [1.54, 1.807) is 4.90 Å². The van der Waals surface area contributed by atoms with Gasteiger partial charge in [-0.25, -0.2) is 4.79 Å². The molecule has 0 aliphatic carbocycles. The van der Waals surface area contributed by atoms with Crippen LogP contribution in [0.25, 0.3) is 0 Å². The van der Waals surface area contributed by atoms with Crippen LogP contribution in [-0.4, -0.2) is 41.6 Å². The molecule has 5 heteroatoms. The van der Waals surface area contributed by atoms with E-state index in [2.05, 4.69) is 12.2 Å². The van der Waals surface area contributed by atoms with Crippen molar-refractivity contribution >= 4 is 12.0 Å². The summed E-state index contributed by atoms with van der Waals surface area (Å²) in [5, 5.41) is 11.6. The number of amides is 2. The molecule has 0 bridgehead atoms. The number of likely N-dealkylation sites (tertiary alicyclic amines) is 1. The first-order valence-corrected chi connectivity index (χ1v) is 6.88. The summed E-state index contributed by atoms with van der Waals surface area (Å²) < 4.78 is 0. The molecule has 5 nitrogen and oxygen atoms in total. The second-order valence-electron chi connectivity index (χ2n) is 4.99. The Kier molecular flexibility index (Phi) is 6.54. The van der Waals surface area contributed by atoms with Crippen molar-refractivity contribution in [3.8, 4) is 0 Å². The highest BCUT2D eigenvalue weighted by atomic mass is 16.4. The third-order valence-electron chi connectivity index (χ3n) is 3.34. The predicted molar refractivity (Wildman–Crippen MR) is 69.5 cm³/mol. The number of nitrogens with zero attached hydrogens (tertiary/aromatic N) is 1. The summed E-state index contributed by atoms with van der Waals surface area (Å²) in [7, 11) is 0. The van der Waals surface area contributed by atoms with Crippen LogP contribution in [0.1, 0.15) is 45.4 Å². The smallest absolute Gasteiger partial charge is 0.317 e. The van der Waals surface area contributed by atoms with Gasteiger partial charge in [-0.15, -0.1) is 0 Å². The fourth-order valence-electron chi connectivity index (χ4n) is 2.29. The van der Waals surface area contributed by atoms with E-state index in [-0.39, 0.29) is 18.4 Å². The lowest BCUT2D eigenvalue weighted by Crippen LogP contribution is -2.39. The van der Waals surface area contributed by atoms with Crippen molar-refractivity contribution in [2.45, 2.75) is 45.4 Å². The Hall–Kier alpha value is -1.26. The first-order valence-electron chi connectivity index (χ1n) is 6.88. The monoisotopic (exact) mass is 256 g/mol. The van der Waals surface area contributed by atoms with E-state index in [0.717, 1.165) is 25.8 Å². The number of rotatable bonds is 7. The SMILES string of the molecule is CCCCCCNC(=O)N1CCC(CC(=O)O)C1. The summed E-state index contributed by atoms with van der Waals surface area (Å²) in [6.07, 6.45) is 5.54. The Morgan fingerprint density at radius 1 is 1.33 bits per heavy atom. The molecule has 0 spiro atoms. The third kappa shape index (κ3) is 5.38. The molecule has 0 aromatic rings. The molecule has 1 unspecified atom stereocenters. The van der Waals surface area contributed by atoms with Gasteiger partial charge in [0.1, 0.15) is 0 Å². The van der Waals surface area contributed by atoms with Gasteiger partial charge < -0.3 is 15.3 Å². The average Bonchev–Trinajstić information content (AvgIpc) is 2.76. The van der Waals surface area contributed by atoms with Crippen molar-refractivity contribution in [3.05, 3.63) is 0 Å². The molecule has 2 amide bonds. The van der Waals surface area contributed by atoms with Gasteiger partial charge in [0.15, 0.2) is 0 Å². The van der Waals surface area contributed by atoms with Gasteiger partial charge >= 0.3 is 12.0 Å². The quantitative estimate of drug-likeness (QED) is 0.685. The van der Waals surface area contributed by atoms with E-state index in [0.29, 0.717) is 13.1 Å².